The molecule has 0 aliphatic heterocycles. The second-order valence-electron chi connectivity index (χ2n) is 14.1. The molecule has 0 saturated carbocycles. The average Bonchev–Trinajstić information content (AvgIpc) is 3.77. The number of hydrogen-bond acceptors (Lipinski definition) is 5. The third-order valence-electron chi connectivity index (χ3n) is 10.4. The summed E-state index contributed by atoms with van der Waals surface area (Å²) >= 11 is 1.80. The predicted octanol–water partition coefficient (Wildman–Crippen LogP) is 11.2. The Morgan fingerprint density at radius 1 is 0.680 bits per heavy atom. The van der Waals surface area contributed by atoms with Gasteiger partial charge < -0.3 is 0 Å². The van der Waals surface area contributed by atoms with Gasteiger partial charge in [-0.2, -0.15) is 0 Å². The Balaban J connectivity index is 1.05. The lowest BCUT2D eigenvalue weighted by atomic mass is 9.81. The zero-order chi connectivity index (χ0) is 33.6. The molecular weight excluding hydrogens is 631 g/mol. The van der Waals surface area contributed by atoms with Gasteiger partial charge in [0.15, 0.2) is 17.5 Å². The van der Waals surface area contributed by atoms with Crippen molar-refractivity contribution in [2.45, 2.75) is 32.6 Å². The van der Waals surface area contributed by atoms with E-state index in [4.69, 9.17) is 19.9 Å². The molecule has 4 aromatic heterocycles. The number of benzene rings is 4. The van der Waals surface area contributed by atoms with Gasteiger partial charge in [0.2, 0.25) is 0 Å². The first-order chi connectivity index (χ1) is 24.4. The quantitative estimate of drug-likeness (QED) is 0.188. The van der Waals surface area contributed by atoms with Crippen LogP contribution in [0.4, 0.5) is 0 Å². The lowest BCUT2D eigenvalue weighted by molar-refractivity contribution is 0.661. The molecular formula is C44H33N5S. The van der Waals surface area contributed by atoms with Gasteiger partial charge in [0.1, 0.15) is 16.0 Å². The van der Waals surface area contributed by atoms with E-state index in [2.05, 4.69) is 128 Å². The minimum absolute atomic E-state index is 0.207. The van der Waals surface area contributed by atoms with Crippen molar-refractivity contribution in [1.82, 2.24) is 24.3 Å². The third-order valence-corrected chi connectivity index (χ3v) is 11.6. The van der Waals surface area contributed by atoms with Gasteiger partial charge in [0.05, 0.1) is 0 Å². The van der Waals surface area contributed by atoms with Crippen LogP contribution in [0.1, 0.15) is 44.1 Å². The molecule has 6 heteroatoms. The van der Waals surface area contributed by atoms with E-state index in [1.54, 1.807) is 11.3 Å². The number of allylic oxidation sites excluding steroid dienone is 4. The van der Waals surface area contributed by atoms with E-state index in [-0.39, 0.29) is 5.41 Å². The summed E-state index contributed by atoms with van der Waals surface area (Å²) in [6.45, 7) is 6.90. The van der Waals surface area contributed by atoms with Crippen molar-refractivity contribution < 1.29 is 0 Å². The predicted molar refractivity (Wildman–Crippen MR) is 206 cm³/mol. The normalized spacial score (nSPS) is 16.2. The molecule has 0 radical (unpaired) electrons. The average molecular weight is 664 g/mol. The highest BCUT2D eigenvalue weighted by atomic mass is 32.1. The number of thiophene rings is 1. The fraction of sp³-hybridized carbons (Fsp3) is 0.136. The fourth-order valence-electron chi connectivity index (χ4n) is 7.63. The van der Waals surface area contributed by atoms with E-state index in [9.17, 15) is 0 Å². The summed E-state index contributed by atoms with van der Waals surface area (Å²) in [4.78, 5) is 21.2. The first-order valence-electron chi connectivity index (χ1n) is 17.2. The number of rotatable bonds is 4. The van der Waals surface area contributed by atoms with Crippen LogP contribution in [0.15, 0.2) is 128 Å². The largest absolute Gasteiger partial charge is 0.291 e. The number of nitrogens with zero attached hydrogens (tertiary/aromatic N) is 5. The van der Waals surface area contributed by atoms with Crippen molar-refractivity contribution in [1.29, 1.82) is 0 Å². The molecule has 4 heterocycles. The van der Waals surface area contributed by atoms with E-state index in [0.29, 0.717) is 23.4 Å². The molecule has 0 amide bonds. The highest BCUT2D eigenvalue weighted by Crippen LogP contribution is 2.51. The monoisotopic (exact) mass is 663 g/mol. The molecule has 2 aliphatic rings. The molecule has 50 heavy (non-hydrogen) atoms. The zero-order valence-electron chi connectivity index (χ0n) is 28.1. The Hall–Kier alpha value is -5.72. The summed E-state index contributed by atoms with van der Waals surface area (Å²) in [7, 11) is 0. The molecule has 0 fully saturated rings. The van der Waals surface area contributed by atoms with Gasteiger partial charge in [-0.15, -0.1) is 11.3 Å². The Morgan fingerprint density at radius 3 is 2.14 bits per heavy atom. The van der Waals surface area contributed by atoms with Crippen LogP contribution in [0.25, 0.3) is 76.7 Å². The van der Waals surface area contributed by atoms with Crippen LogP contribution >= 0.6 is 11.3 Å². The van der Waals surface area contributed by atoms with Gasteiger partial charge in [-0.05, 0) is 82.1 Å². The summed E-state index contributed by atoms with van der Waals surface area (Å²) in [6.07, 6.45) is 9.71. The standard InChI is InChI=1S/C44H33N5S/c1-26-12-14-28(15-13-26)41-46-40(27-9-5-4-6-10-27)47-42(48-41)31-17-20-33-32-19-16-30(24-35(32)44(2,3)36(33)25-31)29-18-21-37-34(23-29)39-43(50-37)49-22-8-7-11-38(49)45-39/h4-12,14-26H,13H2,1-3H3. The van der Waals surface area contributed by atoms with Crippen LogP contribution in [0.2, 0.25) is 0 Å². The minimum Gasteiger partial charge on any atom is -0.291 e. The number of hydrogen-bond donors (Lipinski definition) is 0. The van der Waals surface area contributed by atoms with Gasteiger partial charge >= 0.3 is 0 Å². The van der Waals surface area contributed by atoms with Gasteiger partial charge in [-0.3, -0.25) is 4.40 Å². The van der Waals surface area contributed by atoms with E-state index >= 15 is 0 Å². The summed E-state index contributed by atoms with van der Waals surface area (Å²) in [5.41, 5.74) is 12.5. The van der Waals surface area contributed by atoms with Crippen molar-refractivity contribution in [2.24, 2.45) is 5.92 Å². The van der Waals surface area contributed by atoms with Crippen LogP contribution < -0.4 is 0 Å². The molecule has 0 spiro atoms. The Kier molecular flexibility index (Phi) is 6.36. The molecule has 4 aromatic carbocycles. The summed E-state index contributed by atoms with van der Waals surface area (Å²) < 4.78 is 3.45. The second-order valence-corrected chi connectivity index (χ2v) is 15.1. The maximum absolute atomic E-state index is 5.06. The lowest BCUT2D eigenvalue weighted by Gasteiger charge is -2.22. The smallest absolute Gasteiger partial charge is 0.164 e. The summed E-state index contributed by atoms with van der Waals surface area (Å²) in [6, 6.07) is 36.9. The summed E-state index contributed by atoms with van der Waals surface area (Å²) in [5.74, 6) is 2.61. The number of aromatic nitrogens is 5. The highest BCUT2D eigenvalue weighted by Gasteiger charge is 2.36. The molecule has 2 aliphatic carbocycles. The molecule has 5 nitrogen and oxygen atoms in total. The molecule has 1 unspecified atom stereocenters. The molecule has 0 N–H and O–H groups in total. The Bertz CT molecular complexity index is 2730. The fourth-order valence-corrected chi connectivity index (χ4v) is 8.75. The van der Waals surface area contributed by atoms with Crippen molar-refractivity contribution in [3.05, 3.63) is 145 Å². The van der Waals surface area contributed by atoms with Crippen LogP contribution in [0.5, 0.6) is 0 Å². The van der Waals surface area contributed by atoms with Gasteiger partial charge in [0, 0.05) is 38.4 Å². The molecule has 0 bridgehead atoms. The minimum atomic E-state index is -0.207. The van der Waals surface area contributed by atoms with Gasteiger partial charge in [-0.25, -0.2) is 19.9 Å². The Labute approximate surface area is 294 Å². The van der Waals surface area contributed by atoms with Crippen molar-refractivity contribution in [2.75, 3.05) is 0 Å². The Morgan fingerprint density at radius 2 is 1.36 bits per heavy atom. The number of pyridine rings is 1. The topological polar surface area (TPSA) is 56.0 Å². The maximum atomic E-state index is 5.06. The first-order valence-corrected chi connectivity index (χ1v) is 18.0. The molecule has 0 saturated heterocycles. The number of fused-ring (bicyclic) bond motifs is 8. The summed E-state index contributed by atoms with van der Waals surface area (Å²) in [5, 5.41) is 1.21. The van der Waals surface area contributed by atoms with Crippen molar-refractivity contribution >= 4 is 43.0 Å². The van der Waals surface area contributed by atoms with E-state index in [1.807, 2.05) is 24.3 Å². The lowest BCUT2D eigenvalue weighted by Crippen LogP contribution is -2.15. The second kappa shape index (κ2) is 10.9. The maximum Gasteiger partial charge on any atom is 0.164 e. The molecule has 240 valence electrons. The van der Waals surface area contributed by atoms with Crippen LogP contribution in [-0.2, 0) is 5.41 Å². The van der Waals surface area contributed by atoms with Crippen LogP contribution in [-0.4, -0.2) is 24.3 Å². The van der Waals surface area contributed by atoms with Crippen molar-refractivity contribution in [3.63, 3.8) is 0 Å². The van der Waals surface area contributed by atoms with E-state index in [0.717, 1.165) is 34.3 Å². The van der Waals surface area contributed by atoms with Crippen molar-refractivity contribution in [3.8, 4) is 45.0 Å². The molecule has 8 aromatic rings. The van der Waals surface area contributed by atoms with E-state index in [1.165, 1.54) is 48.3 Å². The van der Waals surface area contributed by atoms with Crippen LogP contribution in [0, 0.1) is 5.92 Å². The van der Waals surface area contributed by atoms with E-state index < -0.39 is 0 Å². The first kappa shape index (κ1) is 29.2. The molecule has 1 atom stereocenters. The number of imidazole rings is 1. The zero-order valence-corrected chi connectivity index (χ0v) is 28.9. The highest BCUT2D eigenvalue weighted by molar-refractivity contribution is 7.25. The molecule has 10 rings (SSSR count). The third kappa shape index (κ3) is 4.52. The SMILES string of the molecule is CC1C=CC(c2nc(-c3ccccc3)nc(-c3ccc4c(c3)C(C)(C)c3cc(-c5ccc6sc7c(nc8ccccn87)c6c5)ccc3-4)n2)=CC1. The van der Waals surface area contributed by atoms with Gasteiger partial charge in [-0.1, -0.05) is 106 Å². The van der Waals surface area contributed by atoms with Crippen LogP contribution in [0.3, 0.4) is 0 Å². The van der Waals surface area contributed by atoms with Gasteiger partial charge in [0.25, 0.3) is 0 Å².